The van der Waals surface area contributed by atoms with Crippen LogP contribution in [0.15, 0.2) is 0 Å². The minimum Gasteiger partial charge on any atom is -0.466 e. The Morgan fingerprint density at radius 1 is 1.27 bits per heavy atom. The number of methoxy groups -OCH3 is 1. The van der Waals surface area contributed by atoms with Gasteiger partial charge >= 0.3 is 5.97 Å². The molecule has 0 aromatic heterocycles. The third-order valence-electron chi connectivity index (χ3n) is 2.42. The fraction of sp³-hybridized carbons (Fsp3) is 0.917. The lowest BCUT2D eigenvalue weighted by Crippen LogP contribution is -2.12. The number of hydrogen-bond donors (Lipinski definition) is 0. The first-order chi connectivity index (χ1) is 7.20. The van der Waals surface area contributed by atoms with Gasteiger partial charge in [-0.25, -0.2) is 0 Å². The summed E-state index contributed by atoms with van der Waals surface area (Å²) in [5.41, 5.74) is 0. The Balaban J connectivity index is 3.26. The molecule has 90 valence electrons. The monoisotopic (exact) mass is 216 g/mol. The minimum atomic E-state index is -0.0746. The van der Waals surface area contributed by atoms with Crippen molar-refractivity contribution in [2.45, 2.75) is 58.5 Å². The van der Waals surface area contributed by atoms with Crippen LogP contribution in [0.4, 0.5) is 0 Å². The first-order valence-corrected chi connectivity index (χ1v) is 5.89. The van der Waals surface area contributed by atoms with Crippen molar-refractivity contribution < 1.29 is 14.3 Å². The Morgan fingerprint density at radius 3 is 2.60 bits per heavy atom. The third kappa shape index (κ3) is 9.73. The molecule has 0 saturated heterocycles. The van der Waals surface area contributed by atoms with Gasteiger partial charge in [-0.15, -0.1) is 0 Å². The molecule has 0 fully saturated rings. The molecular weight excluding hydrogens is 192 g/mol. The van der Waals surface area contributed by atoms with Gasteiger partial charge in [-0.3, -0.25) is 4.79 Å². The van der Waals surface area contributed by atoms with Gasteiger partial charge < -0.3 is 9.47 Å². The fourth-order valence-corrected chi connectivity index (χ4v) is 1.22. The number of esters is 1. The quantitative estimate of drug-likeness (QED) is 0.439. The number of rotatable bonds is 9. The summed E-state index contributed by atoms with van der Waals surface area (Å²) in [7, 11) is 1.66. The lowest BCUT2D eigenvalue weighted by molar-refractivity contribution is -0.144. The summed E-state index contributed by atoms with van der Waals surface area (Å²) in [6.45, 7) is 4.60. The molecule has 0 radical (unpaired) electrons. The Hall–Kier alpha value is -0.570. The highest BCUT2D eigenvalue weighted by Gasteiger charge is 2.04. The van der Waals surface area contributed by atoms with Crippen molar-refractivity contribution in [2.24, 2.45) is 0 Å². The van der Waals surface area contributed by atoms with Gasteiger partial charge in [0.15, 0.2) is 0 Å². The van der Waals surface area contributed by atoms with Gasteiger partial charge in [0.1, 0.15) is 0 Å². The van der Waals surface area contributed by atoms with Crippen LogP contribution < -0.4 is 0 Å². The van der Waals surface area contributed by atoms with Crippen molar-refractivity contribution in [2.75, 3.05) is 13.7 Å². The number of ether oxygens (including phenoxy) is 2. The van der Waals surface area contributed by atoms with Crippen LogP contribution in [0.5, 0.6) is 0 Å². The van der Waals surface area contributed by atoms with E-state index in [9.17, 15) is 4.79 Å². The largest absolute Gasteiger partial charge is 0.466 e. The highest BCUT2D eigenvalue weighted by Crippen LogP contribution is 2.04. The molecule has 0 bridgehead atoms. The van der Waals surface area contributed by atoms with E-state index in [-0.39, 0.29) is 12.1 Å². The fourth-order valence-electron chi connectivity index (χ4n) is 1.22. The molecule has 1 unspecified atom stereocenters. The molecule has 0 N–H and O–H groups in total. The topological polar surface area (TPSA) is 35.5 Å². The molecule has 0 amide bonds. The van der Waals surface area contributed by atoms with E-state index in [2.05, 4.69) is 6.92 Å². The maximum Gasteiger partial charge on any atom is 0.305 e. The molecule has 3 nitrogen and oxygen atoms in total. The van der Waals surface area contributed by atoms with Crippen LogP contribution in [0.3, 0.4) is 0 Å². The second-order valence-corrected chi connectivity index (χ2v) is 3.87. The smallest absolute Gasteiger partial charge is 0.305 e. The first kappa shape index (κ1) is 14.4. The lowest BCUT2D eigenvalue weighted by atomic mass is 10.2. The minimum absolute atomic E-state index is 0.0746. The summed E-state index contributed by atoms with van der Waals surface area (Å²) in [6, 6.07) is 0. The van der Waals surface area contributed by atoms with Crippen LogP contribution in [0, 0.1) is 0 Å². The van der Waals surface area contributed by atoms with Crippen molar-refractivity contribution in [3.8, 4) is 0 Å². The molecule has 0 rings (SSSR count). The molecule has 0 spiro atoms. The van der Waals surface area contributed by atoms with Gasteiger partial charge in [0.25, 0.3) is 0 Å². The molecule has 0 saturated carbocycles. The number of carbonyl (C=O) groups excluding carboxylic acids is 1. The van der Waals surface area contributed by atoms with Crippen molar-refractivity contribution in [1.82, 2.24) is 0 Å². The Morgan fingerprint density at radius 2 is 2.00 bits per heavy atom. The summed E-state index contributed by atoms with van der Waals surface area (Å²) in [5, 5.41) is 0. The zero-order chi connectivity index (χ0) is 11.5. The van der Waals surface area contributed by atoms with Crippen molar-refractivity contribution in [1.29, 1.82) is 0 Å². The normalized spacial score (nSPS) is 12.5. The lowest BCUT2D eigenvalue weighted by Gasteiger charge is -2.09. The molecule has 0 aromatic rings. The van der Waals surface area contributed by atoms with Crippen molar-refractivity contribution in [3.63, 3.8) is 0 Å². The standard InChI is InChI=1S/C12H24O3/c1-4-5-6-7-8-12(13)15-10-9-11(2)14-3/h11H,4-10H2,1-3H3. The van der Waals surface area contributed by atoms with Crippen LogP contribution in [-0.4, -0.2) is 25.8 Å². The Kier molecular flexibility index (Phi) is 9.59. The Bertz CT molecular complexity index is 157. The van der Waals surface area contributed by atoms with E-state index in [1.165, 1.54) is 12.8 Å². The summed E-state index contributed by atoms with van der Waals surface area (Å²) < 4.78 is 10.1. The number of carbonyl (C=O) groups is 1. The van der Waals surface area contributed by atoms with Crippen LogP contribution in [0.2, 0.25) is 0 Å². The van der Waals surface area contributed by atoms with E-state index in [1.807, 2.05) is 6.92 Å². The SMILES string of the molecule is CCCCCCC(=O)OCCC(C)OC. The van der Waals surface area contributed by atoms with Crippen LogP contribution in [0.1, 0.15) is 52.4 Å². The average Bonchev–Trinajstić information content (AvgIpc) is 2.24. The zero-order valence-corrected chi connectivity index (χ0v) is 10.3. The van der Waals surface area contributed by atoms with E-state index >= 15 is 0 Å². The highest BCUT2D eigenvalue weighted by atomic mass is 16.5. The molecule has 0 aliphatic rings. The summed E-state index contributed by atoms with van der Waals surface area (Å²) in [5.74, 6) is -0.0746. The second kappa shape index (κ2) is 9.97. The molecule has 0 aliphatic carbocycles. The van der Waals surface area contributed by atoms with Gasteiger partial charge in [0, 0.05) is 20.0 Å². The van der Waals surface area contributed by atoms with Gasteiger partial charge in [-0.2, -0.15) is 0 Å². The zero-order valence-electron chi connectivity index (χ0n) is 10.3. The maximum absolute atomic E-state index is 11.2. The summed E-state index contributed by atoms with van der Waals surface area (Å²) in [4.78, 5) is 11.2. The Labute approximate surface area is 93.1 Å². The predicted molar refractivity (Wildman–Crippen MR) is 60.8 cm³/mol. The highest BCUT2D eigenvalue weighted by molar-refractivity contribution is 5.69. The van der Waals surface area contributed by atoms with E-state index in [0.717, 1.165) is 19.3 Å². The third-order valence-corrected chi connectivity index (χ3v) is 2.42. The first-order valence-electron chi connectivity index (χ1n) is 5.89. The van der Waals surface area contributed by atoms with Crippen LogP contribution >= 0.6 is 0 Å². The van der Waals surface area contributed by atoms with Crippen molar-refractivity contribution >= 4 is 5.97 Å². The van der Waals surface area contributed by atoms with Crippen molar-refractivity contribution in [3.05, 3.63) is 0 Å². The van der Waals surface area contributed by atoms with Gasteiger partial charge in [-0.05, 0) is 13.3 Å². The van der Waals surface area contributed by atoms with E-state index < -0.39 is 0 Å². The summed E-state index contributed by atoms with van der Waals surface area (Å²) >= 11 is 0. The molecule has 0 aromatic carbocycles. The van der Waals surface area contributed by atoms with Gasteiger partial charge in [0.2, 0.25) is 0 Å². The van der Waals surface area contributed by atoms with Gasteiger partial charge in [-0.1, -0.05) is 26.2 Å². The molecular formula is C12H24O3. The van der Waals surface area contributed by atoms with E-state index in [1.54, 1.807) is 7.11 Å². The van der Waals surface area contributed by atoms with Crippen LogP contribution in [-0.2, 0) is 14.3 Å². The van der Waals surface area contributed by atoms with Gasteiger partial charge in [0.05, 0.1) is 12.7 Å². The molecule has 15 heavy (non-hydrogen) atoms. The average molecular weight is 216 g/mol. The predicted octanol–water partition coefficient (Wildman–Crippen LogP) is 2.93. The summed E-state index contributed by atoms with van der Waals surface area (Å²) in [6.07, 6.45) is 5.97. The maximum atomic E-state index is 11.2. The van der Waals surface area contributed by atoms with Crippen LogP contribution in [0.25, 0.3) is 0 Å². The molecule has 3 heteroatoms. The molecule has 0 heterocycles. The number of unbranched alkanes of at least 4 members (excludes halogenated alkanes) is 3. The molecule has 1 atom stereocenters. The molecule has 0 aliphatic heterocycles. The number of hydrogen-bond acceptors (Lipinski definition) is 3. The van der Waals surface area contributed by atoms with E-state index in [4.69, 9.17) is 9.47 Å². The van der Waals surface area contributed by atoms with E-state index in [0.29, 0.717) is 13.0 Å². The second-order valence-electron chi connectivity index (χ2n) is 3.87.